The molecule has 4 N–H and O–H groups in total. The minimum atomic E-state index is -0.185. The highest BCUT2D eigenvalue weighted by molar-refractivity contribution is 9.10. The van der Waals surface area contributed by atoms with E-state index >= 15 is 0 Å². The number of nitrogens with zero attached hydrogens (tertiary/aromatic N) is 1. The molecule has 0 unspecified atom stereocenters. The Morgan fingerprint density at radius 1 is 0.828 bits per heavy atom. The van der Waals surface area contributed by atoms with E-state index in [1.54, 1.807) is 0 Å². The lowest BCUT2D eigenvalue weighted by atomic mass is 9.84. The summed E-state index contributed by atoms with van der Waals surface area (Å²) in [4.78, 5) is 3.80. The maximum Gasteiger partial charge on any atom is 0.179 e. The van der Waals surface area contributed by atoms with E-state index in [0.717, 1.165) is 10.8 Å². The van der Waals surface area contributed by atoms with Gasteiger partial charge in [-0.05, 0) is 33.4 Å². The van der Waals surface area contributed by atoms with E-state index in [1.165, 1.54) is 13.2 Å². The smallest absolute Gasteiger partial charge is 0.179 e. The van der Waals surface area contributed by atoms with E-state index in [-0.39, 0.29) is 38.9 Å². The maximum absolute atomic E-state index is 11.0. The molecular formula is C22H14BrNO5. The number of hydrogen-bond donors (Lipinski definition) is 4. The van der Waals surface area contributed by atoms with Crippen LogP contribution in [0.1, 0.15) is 0 Å². The number of phenolic OH excluding ortho intramolecular Hbond substituents is 4. The van der Waals surface area contributed by atoms with E-state index in [1.807, 2.05) is 24.3 Å². The topological polar surface area (TPSA) is 103 Å². The monoisotopic (exact) mass is 451 g/mol. The van der Waals surface area contributed by atoms with E-state index in [9.17, 15) is 20.4 Å². The summed E-state index contributed by atoms with van der Waals surface area (Å²) >= 11 is 3.28. The van der Waals surface area contributed by atoms with E-state index in [4.69, 9.17) is 4.74 Å². The van der Waals surface area contributed by atoms with Crippen molar-refractivity contribution in [2.45, 2.75) is 0 Å². The van der Waals surface area contributed by atoms with Gasteiger partial charge in [-0.25, -0.2) is 0 Å². The molecule has 7 heteroatoms. The Labute approximate surface area is 172 Å². The molecule has 0 amide bonds. The number of aromatic hydroxyl groups is 4. The van der Waals surface area contributed by atoms with Gasteiger partial charge in [-0.2, -0.15) is 0 Å². The van der Waals surface area contributed by atoms with Crippen molar-refractivity contribution in [1.29, 1.82) is 0 Å². The molecule has 0 spiro atoms. The Bertz CT molecular complexity index is 1510. The largest absolute Gasteiger partial charge is 0.507 e. The highest BCUT2D eigenvalue weighted by Gasteiger charge is 2.29. The summed E-state index contributed by atoms with van der Waals surface area (Å²) in [6.07, 6.45) is 0. The second-order valence-electron chi connectivity index (χ2n) is 6.76. The molecule has 29 heavy (non-hydrogen) atoms. The molecule has 0 saturated heterocycles. The third kappa shape index (κ3) is 1.97. The number of ether oxygens (including phenoxy) is 1. The lowest BCUT2D eigenvalue weighted by Crippen LogP contribution is -1.95. The molecule has 0 atom stereocenters. The lowest BCUT2D eigenvalue weighted by molar-refractivity contribution is 0.369. The van der Waals surface area contributed by atoms with Crippen molar-refractivity contribution >= 4 is 71.4 Å². The third-order valence-corrected chi connectivity index (χ3v) is 6.18. The van der Waals surface area contributed by atoms with Crippen molar-refractivity contribution in [3.05, 3.63) is 34.8 Å². The van der Waals surface area contributed by atoms with Crippen LogP contribution in [0, 0.1) is 0 Å². The van der Waals surface area contributed by atoms with Gasteiger partial charge in [-0.15, -0.1) is 0 Å². The minimum absolute atomic E-state index is 0.0719. The lowest BCUT2D eigenvalue weighted by Gasteiger charge is -2.22. The summed E-state index contributed by atoms with van der Waals surface area (Å²) in [5, 5.41) is 47.5. The quantitative estimate of drug-likeness (QED) is 0.157. The maximum atomic E-state index is 11.0. The highest BCUT2D eigenvalue weighted by atomic mass is 79.9. The standard InChI is InChI=1S/C22H14BrNO5/c1-24-10-7-11(25)14-12-8-5-3-4-6-9(8)13(15(14)19(10)26)17-16(12)20(27)18(23)22(29-2)21(17)28/h3-7,25-28H,1H2,2H3. The first-order valence-electron chi connectivity index (χ1n) is 8.64. The van der Waals surface area contributed by atoms with Crippen LogP contribution in [0.15, 0.2) is 39.8 Å². The molecule has 2 bridgehead atoms. The van der Waals surface area contributed by atoms with E-state index in [2.05, 4.69) is 27.6 Å². The molecule has 0 fully saturated rings. The molecule has 6 aromatic rings. The predicted molar refractivity (Wildman–Crippen MR) is 118 cm³/mol. The molecule has 6 nitrogen and oxygen atoms in total. The van der Waals surface area contributed by atoms with Crippen LogP contribution in [-0.4, -0.2) is 34.3 Å². The molecule has 0 aromatic heterocycles. The van der Waals surface area contributed by atoms with Crippen LogP contribution < -0.4 is 4.74 Å². The Morgan fingerprint density at radius 3 is 1.97 bits per heavy atom. The molecule has 0 aliphatic rings. The number of methoxy groups -OCH3 is 1. The zero-order valence-corrected chi connectivity index (χ0v) is 16.7. The molecule has 6 rings (SSSR count). The summed E-state index contributed by atoms with van der Waals surface area (Å²) < 4.78 is 5.48. The van der Waals surface area contributed by atoms with E-state index in [0.29, 0.717) is 32.3 Å². The zero-order valence-electron chi connectivity index (χ0n) is 15.1. The van der Waals surface area contributed by atoms with Crippen LogP contribution in [0.2, 0.25) is 0 Å². The van der Waals surface area contributed by atoms with Gasteiger partial charge >= 0.3 is 0 Å². The first-order chi connectivity index (χ1) is 13.9. The van der Waals surface area contributed by atoms with Crippen molar-refractivity contribution < 1.29 is 25.2 Å². The normalized spacial score (nSPS) is 11.8. The van der Waals surface area contributed by atoms with Gasteiger partial charge in [0.05, 0.1) is 7.11 Å². The van der Waals surface area contributed by atoms with Crippen LogP contribution in [0.25, 0.3) is 43.1 Å². The molecular weight excluding hydrogens is 438 g/mol. The number of benzene rings is 6. The molecule has 0 radical (unpaired) electrons. The van der Waals surface area contributed by atoms with Gasteiger partial charge in [0.25, 0.3) is 0 Å². The van der Waals surface area contributed by atoms with Crippen molar-refractivity contribution in [2.24, 2.45) is 4.99 Å². The molecule has 0 saturated carbocycles. The fourth-order valence-electron chi connectivity index (χ4n) is 4.31. The van der Waals surface area contributed by atoms with Crippen molar-refractivity contribution in [2.75, 3.05) is 7.11 Å². The molecule has 0 heterocycles. The van der Waals surface area contributed by atoms with Crippen molar-refractivity contribution in [3.8, 4) is 28.7 Å². The van der Waals surface area contributed by atoms with Crippen LogP contribution in [0.4, 0.5) is 5.69 Å². The van der Waals surface area contributed by atoms with E-state index < -0.39 is 0 Å². The van der Waals surface area contributed by atoms with Gasteiger partial charge in [0, 0.05) is 38.4 Å². The highest BCUT2D eigenvalue weighted by Crippen LogP contribution is 2.59. The second kappa shape index (κ2) is 5.78. The van der Waals surface area contributed by atoms with Crippen molar-refractivity contribution in [1.82, 2.24) is 0 Å². The summed E-state index contributed by atoms with van der Waals surface area (Å²) in [6, 6.07) is 8.73. The summed E-state index contributed by atoms with van der Waals surface area (Å²) in [5.74, 6) is -0.523. The van der Waals surface area contributed by atoms with Gasteiger partial charge in [-0.1, -0.05) is 24.3 Å². The Kier molecular flexibility index (Phi) is 3.51. The second-order valence-corrected chi connectivity index (χ2v) is 7.55. The number of hydrogen-bond acceptors (Lipinski definition) is 6. The number of phenols is 4. The van der Waals surface area contributed by atoms with Gasteiger partial charge < -0.3 is 25.2 Å². The van der Waals surface area contributed by atoms with Crippen molar-refractivity contribution in [3.63, 3.8) is 0 Å². The summed E-state index contributed by atoms with van der Waals surface area (Å²) in [6.45, 7) is 3.45. The molecule has 144 valence electrons. The number of halogens is 1. The number of aliphatic imine (C=N–C) groups is 1. The van der Waals surface area contributed by atoms with Crippen LogP contribution in [0.3, 0.4) is 0 Å². The summed E-state index contributed by atoms with van der Waals surface area (Å²) in [7, 11) is 1.38. The zero-order chi connectivity index (χ0) is 20.6. The Morgan fingerprint density at radius 2 is 1.38 bits per heavy atom. The Hall–Kier alpha value is -3.45. The predicted octanol–water partition coefficient (Wildman–Crippen LogP) is 5.66. The SMILES string of the molecule is C=Nc1cc(O)c2c(c1O)c1c3ccccc3c2c2c(O)c(Br)c(OC)c(O)c21. The average Bonchev–Trinajstić information content (AvgIpc) is 2.74. The van der Waals surface area contributed by atoms with Crippen LogP contribution in [-0.2, 0) is 0 Å². The minimum Gasteiger partial charge on any atom is -0.507 e. The fourth-order valence-corrected chi connectivity index (χ4v) is 4.86. The van der Waals surface area contributed by atoms with Gasteiger partial charge in [0.15, 0.2) is 11.5 Å². The van der Waals surface area contributed by atoms with Gasteiger partial charge in [0.2, 0.25) is 0 Å². The Balaban J connectivity index is 2.31. The van der Waals surface area contributed by atoms with Crippen LogP contribution in [0.5, 0.6) is 28.7 Å². The summed E-state index contributed by atoms with van der Waals surface area (Å²) in [5.41, 5.74) is 0.119. The third-order valence-electron chi connectivity index (χ3n) is 5.45. The molecule has 0 aliphatic carbocycles. The average molecular weight is 452 g/mol. The fraction of sp³-hybridized carbons (Fsp3) is 0.0455. The van der Waals surface area contributed by atoms with Gasteiger partial charge in [-0.3, -0.25) is 4.99 Å². The first kappa shape index (κ1) is 17.6. The molecule has 0 aliphatic heterocycles. The first-order valence-corrected chi connectivity index (χ1v) is 9.43. The van der Waals surface area contributed by atoms with Crippen LogP contribution >= 0.6 is 15.9 Å². The molecule has 6 aromatic carbocycles. The number of rotatable bonds is 2. The van der Waals surface area contributed by atoms with Gasteiger partial charge in [0.1, 0.15) is 27.4 Å².